The lowest BCUT2D eigenvalue weighted by Crippen LogP contribution is -2.43. The Labute approximate surface area is 93.5 Å². The minimum absolute atomic E-state index is 0.135. The number of hydrogen-bond donors (Lipinski definition) is 1. The maximum Gasteiger partial charge on any atom is 0.0683 e. The molecule has 3 heteroatoms. The molecule has 0 bridgehead atoms. The summed E-state index contributed by atoms with van der Waals surface area (Å²) in [6, 6.07) is 2.36. The first kappa shape index (κ1) is 12.5. The van der Waals surface area contributed by atoms with Crippen LogP contribution in [-0.4, -0.2) is 37.6 Å². The number of piperazine rings is 1. The largest absolute Gasteiger partial charge is 0.314 e. The van der Waals surface area contributed by atoms with E-state index >= 15 is 0 Å². The van der Waals surface area contributed by atoms with Gasteiger partial charge in [0.25, 0.3) is 0 Å². The van der Waals surface area contributed by atoms with Crippen molar-refractivity contribution in [1.82, 2.24) is 10.2 Å². The molecule has 0 unspecified atom stereocenters. The predicted molar refractivity (Wildman–Crippen MR) is 62.6 cm³/mol. The van der Waals surface area contributed by atoms with Gasteiger partial charge in [-0.1, -0.05) is 6.42 Å². The first-order valence-corrected chi connectivity index (χ1v) is 5.98. The zero-order chi connectivity index (χ0) is 11.1. The van der Waals surface area contributed by atoms with E-state index in [0.717, 1.165) is 19.5 Å². The van der Waals surface area contributed by atoms with Gasteiger partial charge in [0.1, 0.15) is 0 Å². The molecular weight excluding hydrogens is 186 g/mol. The Morgan fingerprint density at radius 1 is 1.27 bits per heavy atom. The SMILES string of the molecule is CC(C)(C#N)CCCCN1CCNCC1. The van der Waals surface area contributed by atoms with E-state index in [9.17, 15) is 0 Å². The summed E-state index contributed by atoms with van der Waals surface area (Å²) in [5, 5.41) is 12.2. The Kier molecular flexibility index (Phi) is 5.07. The molecule has 0 saturated carbocycles. The van der Waals surface area contributed by atoms with Crippen LogP contribution in [0.15, 0.2) is 0 Å². The number of nitriles is 1. The lowest BCUT2D eigenvalue weighted by molar-refractivity contribution is 0.233. The summed E-state index contributed by atoms with van der Waals surface area (Å²) in [4.78, 5) is 2.51. The molecule has 0 atom stereocenters. The number of nitrogens with zero attached hydrogens (tertiary/aromatic N) is 2. The van der Waals surface area contributed by atoms with Gasteiger partial charge in [0.05, 0.1) is 11.5 Å². The quantitative estimate of drug-likeness (QED) is 0.699. The van der Waals surface area contributed by atoms with E-state index in [-0.39, 0.29) is 5.41 Å². The lowest BCUT2D eigenvalue weighted by atomic mass is 9.89. The molecule has 0 aromatic heterocycles. The van der Waals surface area contributed by atoms with E-state index in [0.29, 0.717) is 0 Å². The molecule has 0 aliphatic carbocycles. The second kappa shape index (κ2) is 6.09. The number of rotatable bonds is 5. The third-order valence-electron chi connectivity index (χ3n) is 3.04. The van der Waals surface area contributed by atoms with Crippen LogP contribution in [0.4, 0.5) is 0 Å². The average Bonchev–Trinajstić information content (AvgIpc) is 2.26. The Balaban J connectivity index is 2.04. The minimum Gasteiger partial charge on any atom is -0.314 e. The van der Waals surface area contributed by atoms with Crippen LogP contribution in [0.5, 0.6) is 0 Å². The summed E-state index contributed by atoms with van der Waals surface area (Å²) in [6.07, 6.45) is 3.42. The van der Waals surface area contributed by atoms with E-state index in [4.69, 9.17) is 5.26 Å². The molecule has 0 aromatic carbocycles. The first-order valence-electron chi connectivity index (χ1n) is 5.98. The van der Waals surface area contributed by atoms with Crippen LogP contribution in [0.3, 0.4) is 0 Å². The van der Waals surface area contributed by atoms with Crippen molar-refractivity contribution in [3.8, 4) is 6.07 Å². The second-order valence-corrected chi connectivity index (χ2v) is 5.04. The third-order valence-corrected chi connectivity index (χ3v) is 3.04. The highest BCUT2D eigenvalue weighted by Crippen LogP contribution is 2.21. The molecule has 86 valence electrons. The van der Waals surface area contributed by atoms with Crippen LogP contribution in [-0.2, 0) is 0 Å². The van der Waals surface area contributed by atoms with Gasteiger partial charge in [0, 0.05) is 26.2 Å². The average molecular weight is 209 g/mol. The van der Waals surface area contributed by atoms with Gasteiger partial charge in [-0.2, -0.15) is 5.26 Å². The first-order chi connectivity index (χ1) is 7.14. The zero-order valence-corrected chi connectivity index (χ0v) is 10.1. The zero-order valence-electron chi connectivity index (χ0n) is 10.1. The highest BCUT2D eigenvalue weighted by atomic mass is 15.2. The topological polar surface area (TPSA) is 39.1 Å². The van der Waals surface area contributed by atoms with Gasteiger partial charge >= 0.3 is 0 Å². The smallest absolute Gasteiger partial charge is 0.0683 e. The van der Waals surface area contributed by atoms with Crippen LogP contribution in [0.2, 0.25) is 0 Å². The fourth-order valence-corrected chi connectivity index (χ4v) is 1.89. The standard InChI is InChI=1S/C12H23N3/c1-12(2,11-13)5-3-4-8-15-9-6-14-7-10-15/h14H,3-10H2,1-2H3. The van der Waals surface area contributed by atoms with Gasteiger partial charge in [-0.3, -0.25) is 0 Å². The van der Waals surface area contributed by atoms with Gasteiger partial charge in [-0.15, -0.1) is 0 Å². The number of hydrogen-bond acceptors (Lipinski definition) is 3. The molecule has 0 aromatic rings. The summed E-state index contributed by atoms with van der Waals surface area (Å²) in [6.45, 7) is 9.87. The Hall–Kier alpha value is -0.590. The molecule has 0 radical (unpaired) electrons. The van der Waals surface area contributed by atoms with Crippen LogP contribution < -0.4 is 5.32 Å². The van der Waals surface area contributed by atoms with E-state index < -0.39 is 0 Å². The maximum atomic E-state index is 8.87. The fourth-order valence-electron chi connectivity index (χ4n) is 1.89. The summed E-state index contributed by atoms with van der Waals surface area (Å²) in [5.41, 5.74) is -0.135. The van der Waals surface area contributed by atoms with E-state index in [1.807, 2.05) is 13.8 Å². The Morgan fingerprint density at radius 2 is 1.93 bits per heavy atom. The van der Waals surface area contributed by atoms with Gasteiger partial charge < -0.3 is 10.2 Å². The molecule has 3 nitrogen and oxygen atoms in total. The highest BCUT2D eigenvalue weighted by molar-refractivity contribution is 4.91. The Morgan fingerprint density at radius 3 is 2.53 bits per heavy atom. The highest BCUT2D eigenvalue weighted by Gasteiger charge is 2.16. The lowest BCUT2D eigenvalue weighted by Gasteiger charge is -2.27. The third kappa shape index (κ3) is 5.15. The number of unbranched alkanes of at least 4 members (excludes halogenated alkanes) is 1. The van der Waals surface area contributed by atoms with Gasteiger partial charge in [0.2, 0.25) is 0 Å². The summed E-state index contributed by atoms with van der Waals surface area (Å²) >= 11 is 0. The van der Waals surface area contributed by atoms with Crippen molar-refractivity contribution < 1.29 is 0 Å². The van der Waals surface area contributed by atoms with Crippen molar-refractivity contribution >= 4 is 0 Å². The van der Waals surface area contributed by atoms with Crippen LogP contribution in [0, 0.1) is 16.7 Å². The molecular formula is C12H23N3. The summed E-state index contributed by atoms with van der Waals surface area (Å²) in [7, 11) is 0. The van der Waals surface area contributed by atoms with Crippen molar-refractivity contribution in [2.75, 3.05) is 32.7 Å². The van der Waals surface area contributed by atoms with Crippen molar-refractivity contribution in [3.63, 3.8) is 0 Å². The molecule has 1 fully saturated rings. The molecule has 1 aliphatic rings. The van der Waals surface area contributed by atoms with Crippen LogP contribution in [0.1, 0.15) is 33.1 Å². The van der Waals surface area contributed by atoms with Gasteiger partial charge in [-0.05, 0) is 33.2 Å². The van der Waals surface area contributed by atoms with Crippen LogP contribution >= 0.6 is 0 Å². The fraction of sp³-hybridized carbons (Fsp3) is 0.917. The second-order valence-electron chi connectivity index (χ2n) is 5.04. The monoisotopic (exact) mass is 209 g/mol. The normalized spacial score (nSPS) is 18.7. The van der Waals surface area contributed by atoms with Crippen LogP contribution in [0.25, 0.3) is 0 Å². The van der Waals surface area contributed by atoms with Gasteiger partial charge in [0.15, 0.2) is 0 Å². The molecule has 1 N–H and O–H groups in total. The van der Waals surface area contributed by atoms with E-state index in [2.05, 4.69) is 16.3 Å². The molecule has 1 heterocycles. The molecule has 1 rings (SSSR count). The molecule has 1 aliphatic heterocycles. The Bertz CT molecular complexity index is 211. The van der Waals surface area contributed by atoms with E-state index in [1.54, 1.807) is 0 Å². The van der Waals surface area contributed by atoms with Crippen molar-refractivity contribution in [3.05, 3.63) is 0 Å². The molecule has 0 amide bonds. The predicted octanol–water partition coefficient (Wildman–Crippen LogP) is 1.61. The van der Waals surface area contributed by atoms with E-state index in [1.165, 1.54) is 32.5 Å². The molecule has 1 saturated heterocycles. The van der Waals surface area contributed by atoms with Crippen molar-refractivity contribution in [2.24, 2.45) is 5.41 Å². The summed E-state index contributed by atoms with van der Waals surface area (Å²) in [5.74, 6) is 0. The molecule has 15 heavy (non-hydrogen) atoms. The van der Waals surface area contributed by atoms with Crippen molar-refractivity contribution in [2.45, 2.75) is 33.1 Å². The van der Waals surface area contributed by atoms with Crippen molar-refractivity contribution in [1.29, 1.82) is 5.26 Å². The number of nitrogens with one attached hydrogen (secondary N) is 1. The summed E-state index contributed by atoms with van der Waals surface area (Å²) < 4.78 is 0. The molecule has 0 spiro atoms. The maximum absolute atomic E-state index is 8.87. The minimum atomic E-state index is -0.135. The van der Waals surface area contributed by atoms with Gasteiger partial charge in [-0.25, -0.2) is 0 Å².